The van der Waals surface area contributed by atoms with Crippen LogP contribution in [-0.2, 0) is 9.59 Å². The van der Waals surface area contributed by atoms with Crippen LogP contribution >= 0.6 is 11.3 Å². The maximum absolute atomic E-state index is 11.4. The molecule has 8 heteroatoms. The molecule has 1 heterocycles. The second-order valence-corrected chi connectivity index (χ2v) is 4.64. The van der Waals surface area contributed by atoms with Gasteiger partial charge in [0.05, 0.1) is 13.1 Å². The van der Waals surface area contributed by atoms with Crippen LogP contribution in [0.25, 0.3) is 0 Å². The molecule has 0 aliphatic rings. The van der Waals surface area contributed by atoms with Crippen LogP contribution in [0.15, 0.2) is 0 Å². The van der Waals surface area contributed by atoms with Crippen molar-refractivity contribution in [1.29, 1.82) is 0 Å². The summed E-state index contributed by atoms with van der Waals surface area (Å²) in [5.41, 5.74) is 5.08. The minimum atomic E-state index is -0.375. The van der Waals surface area contributed by atoms with Crippen molar-refractivity contribution in [3.05, 3.63) is 5.01 Å². The lowest BCUT2D eigenvalue weighted by Gasteiger charge is -2.02. The van der Waals surface area contributed by atoms with Gasteiger partial charge in [0, 0.05) is 5.92 Å². The number of anilines is 1. The third-order valence-corrected chi connectivity index (χ3v) is 2.95. The Morgan fingerprint density at radius 1 is 1.35 bits per heavy atom. The van der Waals surface area contributed by atoms with Gasteiger partial charge in [-0.25, -0.2) is 0 Å². The lowest BCUT2D eigenvalue weighted by atomic mass is 10.2. The van der Waals surface area contributed by atoms with E-state index < -0.39 is 0 Å². The molecule has 94 valence electrons. The Morgan fingerprint density at radius 3 is 2.59 bits per heavy atom. The number of amides is 2. The monoisotopic (exact) mass is 257 g/mol. The SMILES string of the molecule is CC(C)c1nnc(NC(=O)CNC(=O)CN)s1. The van der Waals surface area contributed by atoms with Crippen LogP contribution in [-0.4, -0.2) is 35.1 Å². The molecule has 17 heavy (non-hydrogen) atoms. The van der Waals surface area contributed by atoms with Gasteiger partial charge in [-0.1, -0.05) is 25.2 Å². The van der Waals surface area contributed by atoms with Gasteiger partial charge in [-0.3, -0.25) is 14.9 Å². The normalized spacial score (nSPS) is 10.4. The van der Waals surface area contributed by atoms with Crippen molar-refractivity contribution in [3.63, 3.8) is 0 Å². The first-order valence-electron chi connectivity index (χ1n) is 5.13. The maximum Gasteiger partial charge on any atom is 0.245 e. The fourth-order valence-corrected chi connectivity index (χ4v) is 1.69. The van der Waals surface area contributed by atoms with E-state index in [1.54, 1.807) is 0 Å². The molecule has 0 aromatic carbocycles. The predicted octanol–water partition coefficient (Wildman–Crippen LogP) is -0.325. The summed E-state index contributed by atoms with van der Waals surface area (Å²) in [5, 5.41) is 13.9. The largest absolute Gasteiger partial charge is 0.346 e. The number of aromatic nitrogens is 2. The molecule has 0 saturated carbocycles. The summed E-state index contributed by atoms with van der Waals surface area (Å²) in [6, 6.07) is 0. The minimum absolute atomic E-state index is 0.118. The number of carbonyl (C=O) groups is 2. The molecule has 0 saturated heterocycles. The Bertz CT molecular complexity index is 404. The minimum Gasteiger partial charge on any atom is -0.346 e. The summed E-state index contributed by atoms with van der Waals surface area (Å²) < 4.78 is 0. The molecule has 7 nitrogen and oxygen atoms in total. The molecule has 4 N–H and O–H groups in total. The quantitative estimate of drug-likeness (QED) is 0.669. The molecule has 1 aromatic heterocycles. The van der Waals surface area contributed by atoms with E-state index in [4.69, 9.17) is 5.73 Å². The topological polar surface area (TPSA) is 110 Å². The Labute approximate surface area is 103 Å². The summed E-state index contributed by atoms with van der Waals surface area (Å²) in [4.78, 5) is 22.2. The van der Waals surface area contributed by atoms with Crippen LogP contribution in [0.2, 0.25) is 0 Å². The van der Waals surface area contributed by atoms with Crippen LogP contribution in [0.4, 0.5) is 5.13 Å². The summed E-state index contributed by atoms with van der Waals surface area (Å²) in [5.74, 6) is -0.450. The number of nitrogens with two attached hydrogens (primary N) is 1. The molecule has 2 amide bonds. The molecule has 0 unspecified atom stereocenters. The fraction of sp³-hybridized carbons (Fsp3) is 0.556. The van der Waals surface area contributed by atoms with Crippen molar-refractivity contribution < 1.29 is 9.59 Å². The third kappa shape index (κ3) is 4.45. The van der Waals surface area contributed by atoms with E-state index >= 15 is 0 Å². The van der Waals surface area contributed by atoms with E-state index in [2.05, 4.69) is 20.8 Å². The van der Waals surface area contributed by atoms with Gasteiger partial charge < -0.3 is 11.1 Å². The van der Waals surface area contributed by atoms with Crippen LogP contribution in [0.1, 0.15) is 24.8 Å². The van der Waals surface area contributed by atoms with Crippen molar-refractivity contribution >= 4 is 28.3 Å². The first kappa shape index (κ1) is 13.5. The van der Waals surface area contributed by atoms with E-state index in [0.717, 1.165) is 5.01 Å². The molecule has 0 fully saturated rings. The van der Waals surface area contributed by atoms with E-state index in [1.807, 2.05) is 13.8 Å². The molecule has 1 rings (SSSR count). The van der Waals surface area contributed by atoms with Crippen LogP contribution in [0.5, 0.6) is 0 Å². The van der Waals surface area contributed by atoms with Crippen molar-refractivity contribution in [2.45, 2.75) is 19.8 Å². The number of nitrogens with one attached hydrogen (secondary N) is 2. The number of rotatable bonds is 5. The Morgan fingerprint density at radius 2 is 2.06 bits per heavy atom. The Balaban J connectivity index is 2.42. The van der Waals surface area contributed by atoms with Crippen molar-refractivity contribution in [1.82, 2.24) is 15.5 Å². The lowest BCUT2D eigenvalue weighted by molar-refractivity contribution is -0.123. The highest BCUT2D eigenvalue weighted by Crippen LogP contribution is 2.21. The van der Waals surface area contributed by atoms with Crippen LogP contribution in [0, 0.1) is 0 Å². The summed E-state index contributed by atoms with van der Waals surface area (Å²) in [6.07, 6.45) is 0. The van der Waals surface area contributed by atoms with Gasteiger partial charge in [-0.2, -0.15) is 0 Å². The highest BCUT2D eigenvalue weighted by atomic mass is 32.1. The second-order valence-electron chi connectivity index (χ2n) is 3.63. The fourth-order valence-electron chi connectivity index (χ4n) is 0.933. The number of hydrogen-bond donors (Lipinski definition) is 3. The molecule has 1 aromatic rings. The van der Waals surface area contributed by atoms with Crippen LogP contribution < -0.4 is 16.4 Å². The maximum atomic E-state index is 11.4. The highest BCUT2D eigenvalue weighted by Gasteiger charge is 2.10. The average molecular weight is 257 g/mol. The molecule has 0 spiro atoms. The molecular weight excluding hydrogens is 242 g/mol. The molecule has 0 bridgehead atoms. The Kier molecular flexibility index (Phi) is 4.98. The van der Waals surface area contributed by atoms with Gasteiger partial charge in [-0.05, 0) is 0 Å². The zero-order valence-corrected chi connectivity index (χ0v) is 10.5. The number of carbonyl (C=O) groups excluding carboxylic acids is 2. The summed E-state index contributed by atoms with van der Waals surface area (Å²) >= 11 is 1.32. The lowest BCUT2D eigenvalue weighted by Crippen LogP contribution is -2.36. The zero-order valence-electron chi connectivity index (χ0n) is 9.69. The Hall–Kier alpha value is -1.54. The van der Waals surface area contributed by atoms with E-state index in [0.29, 0.717) is 5.13 Å². The summed E-state index contributed by atoms with van der Waals surface area (Å²) in [7, 11) is 0. The molecular formula is C9H15N5O2S. The molecule has 0 atom stereocenters. The van der Waals surface area contributed by atoms with Gasteiger partial charge in [0.15, 0.2) is 0 Å². The van der Waals surface area contributed by atoms with Gasteiger partial charge >= 0.3 is 0 Å². The molecule has 0 aliphatic carbocycles. The third-order valence-electron chi connectivity index (χ3n) is 1.81. The van der Waals surface area contributed by atoms with Crippen molar-refractivity contribution in [2.75, 3.05) is 18.4 Å². The predicted molar refractivity (Wildman–Crippen MR) is 64.7 cm³/mol. The molecule has 0 aliphatic heterocycles. The zero-order chi connectivity index (χ0) is 12.8. The van der Waals surface area contributed by atoms with Crippen LogP contribution in [0.3, 0.4) is 0 Å². The van der Waals surface area contributed by atoms with Crippen molar-refractivity contribution in [3.8, 4) is 0 Å². The van der Waals surface area contributed by atoms with Gasteiger partial charge in [0.2, 0.25) is 16.9 Å². The highest BCUT2D eigenvalue weighted by molar-refractivity contribution is 7.15. The number of hydrogen-bond acceptors (Lipinski definition) is 6. The standard InChI is InChI=1S/C9H15N5O2S/c1-5(2)8-13-14-9(17-8)12-7(16)4-11-6(15)3-10/h5H,3-4,10H2,1-2H3,(H,11,15)(H,12,14,16). The number of nitrogens with zero attached hydrogens (tertiary/aromatic N) is 2. The van der Waals surface area contributed by atoms with E-state index in [1.165, 1.54) is 11.3 Å². The van der Waals surface area contributed by atoms with Gasteiger partial charge in [0.25, 0.3) is 0 Å². The van der Waals surface area contributed by atoms with Gasteiger partial charge in [0.1, 0.15) is 5.01 Å². The second kappa shape index (κ2) is 6.26. The van der Waals surface area contributed by atoms with Crippen molar-refractivity contribution in [2.24, 2.45) is 5.73 Å². The van der Waals surface area contributed by atoms with Gasteiger partial charge in [-0.15, -0.1) is 10.2 Å². The first-order chi connectivity index (χ1) is 8.02. The molecule has 0 radical (unpaired) electrons. The average Bonchev–Trinajstić information content (AvgIpc) is 2.74. The smallest absolute Gasteiger partial charge is 0.245 e. The summed E-state index contributed by atoms with van der Waals surface area (Å²) in [6.45, 7) is 3.73. The first-order valence-corrected chi connectivity index (χ1v) is 5.94. The van der Waals surface area contributed by atoms with E-state index in [9.17, 15) is 9.59 Å². The van der Waals surface area contributed by atoms with E-state index in [-0.39, 0.29) is 30.8 Å².